The number of nitrogens with one attached hydrogen (secondary N) is 2. The van der Waals surface area contributed by atoms with Crippen molar-refractivity contribution >= 4 is 45.7 Å². The standard InChI is InChI=1S/C23H23Cl2F3N4O/c24-7-9-32-8-6-14(13-32)22(33)30-17-3-1-2-16(11-17)29-20-12-21(23(26,27)28)31-19-5-4-15(25)10-18(19)20/h4-6,8,10,12-13,16-17H,1-3,7,9,11H2,(H,29,31)(H,30,33)/t16-,17+/m0/s1. The monoisotopic (exact) mass is 498 g/mol. The number of hydrogen-bond acceptors (Lipinski definition) is 3. The highest BCUT2D eigenvalue weighted by Crippen LogP contribution is 2.35. The van der Waals surface area contributed by atoms with Crippen molar-refractivity contribution < 1.29 is 18.0 Å². The molecular formula is C23H23Cl2F3N4O. The molecule has 1 aliphatic carbocycles. The van der Waals surface area contributed by atoms with Crippen molar-refractivity contribution in [1.82, 2.24) is 14.9 Å². The van der Waals surface area contributed by atoms with E-state index in [2.05, 4.69) is 15.6 Å². The second-order valence-corrected chi connectivity index (χ2v) is 9.03. The summed E-state index contributed by atoms with van der Waals surface area (Å²) < 4.78 is 42.0. The van der Waals surface area contributed by atoms with Crippen molar-refractivity contribution in [2.45, 2.75) is 50.5 Å². The minimum absolute atomic E-state index is 0.0843. The third-order valence-electron chi connectivity index (χ3n) is 5.79. The number of anilines is 1. The van der Waals surface area contributed by atoms with Gasteiger partial charge in [-0.3, -0.25) is 4.79 Å². The van der Waals surface area contributed by atoms with Gasteiger partial charge in [0, 0.05) is 53.0 Å². The Morgan fingerprint density at radius 1 is 1.18 bits per heavy atom. The summed E-state index contributed by atoms with van der Waals surface area (Å²) in [4.78, 5) is 16.4. The topological polar surface area (TPSA) is 59.0 Å². The predicted molar refractivity (Wildman–Crippen MR) is 124 cm³/mol. The Kier molecular flexibility index (Phi) is 7.05. The van der Waals surface area contributed by atoms with E-state index in [9.17, 15) is 18.0 Å². The zero-order valence-electron chi connectivity index (χ0n) is 17.6. The van der Waals surface area contributed by atoms with E-state index in [0.717, 1.165) is 25.3 Å². The van der Waals surface area contributed by atoms with Crippen LogP contribution in [0.5, 0.6) is 0 Å². The van der Waals surface area contributed by atoms with E-state index in [1.54, 1.807) is 24.5 Å². The van der Waals surface area contributed by atoms with Crippen molar-refractivity contribution in [1.29, 1.82) is 0 Å². The fraction of sp³-hybridized carbons (Fsp3) is 0.391. The summed E-state index contributed by atoms with van der Waals surface area (Å²) in [7, 11) is 0. The molecule has 1 aromatic carbocycles. The number of nitrogens with zero attached hydrogens (tertiary/aromatic N) is 2. The zero-order chi connectivity index (χ0) is 23.6. The average Bonchev–Trinajstić information content (AvgIpc) is 3.23. The molecule has 0 bridgehead atoms. The lowest BCUT2D eigenvalue weighted by Gasteiger charge is -2.31. The molecular weight excluding hydrogens is 476 g/mol. The zero-order valence-corrected chi connectivity index (χ0v) is 19.1. The molecule has 3 aromatic rings. The molecule has 4 rings (SSSR count). The SMILES string of the molecule is O=C(N[C@@H]1CCC[C@H](Nc2cc(C(F)(F)F)nc3ccc(Cl)cc23)C1)c1ccn(CCCl)c1. The number of pyridine rings is 1. The van der Waals surface area contributed by atoms with Crippen LogP contribution >= 0.6 is 23.2 Å². The third kappa shape index (κ3) is 5.73. The van der Waals surface area contributed by atoms with Crippen LogP contribution in [0.15, 0.2) is 42.7 Å². The number of benzene rings is 1. The maximum absolute atomic E-state index is 13.4. The fourth-order valence-corrected chi connectivity index (χ4v) is 4.58. The smallest absolute Gasteiger partial charge is 0.382 e. The van der Waals surface area contributed by atoms with Gasteiger partial charge in [-0.05, 0) is 56.0 Å². The molecule has 10 heteroatoms. The first-order valence-electron chi connectivity index (χ1n) is 10.7. The van der Waals surface area contributed by atoms with Crippen LogP contribution in [-0.2, 0) is 12.7 Å². The molecule has 176 valence electrons. The number of carbonyl (C=O) groups is 1. The summed E-state index contributed by atoms with van der Waals surface area (Å²) in [6.45, 7) is 0.619. The first-order chi connectivity index (χ1) is 15.7. The maximum Gasteiger partial charge on any atom is 0.433 e. The van der Waals surface area contributed by atoms with Crippen LogP contribution in [-0.4, -0.2) is 33.4 Å². The lowest BCUT2D eigenvalue weighted by atomic mass is 9.90. The molecule has 1 saturated carbocycles. The second-order valence-electron chi connectivity index (χ2n) is 8.22. The van der Waals surface area contributed by atoms with Gasteiger partial charge in [0.25, 0.3) is 5.91 Å². The van der Waals surface area contributed by atoms with E-state index in [1.165, 1.54) is 12.1 Å². The lowest BCUT2D eigenvalue weighted by molar-refractivity contribution is -0.140. The Balaban J connectivity index is 1.49. The fourth-order valence-electron chi connectivity index (χ4n) is 4.22. The van der Waals surface area contributed by atoms with Gasteiger partial charge in [0.2, 0.25) is 0 Å². The summed E-state index contributed by atoms with van der Waals surface area (Å²) in [5, 5.41) is 7.26. The number of aryl methyl sites for hydroxylation is 1. The Morgan fingerprint density at radius 3 is 2.73 bits per heavy atom. The van der Waals surface area contributed by atoms with Crippen molar-refractivity contribution in [2.75, 3.05) is 11.2 Å². The van der Waals surface area contributed by atoms with Gasteiger partial charge in [0.1, 0.15) is 5.69 Å². The van der Waals surface area contributed by atoms with E-state index in [-0.39, 0.29) is 23.5 Å². The minimum atomic E-state index is -4.56. The Morgan fingerprint density at radius 2 is 1.97 bits per heavy atom. The van der Waals surface area contributed by atoms with Crippen LogP contribution < -0.4 is 10.6 Å². The number of hydrogen-bond donors (Lipinski definition) is 2. The number of alkyl halides is 4. The molecule has 0 radical (unpaired) electrons. The molecule has 2 aromatic heterocycles. The van der Waals surface area contributed by atoms with Gasteiger partial charge < -0.3 is 15.2 Å². The Hall–Kier alpha value is -2.45. The molecule has 2 atom stereocenters. The largest absolute Gasteiger partial charge is 0.433 e. The molecule has 0 saturated heterocycles. The van der Waals surface area contributed by atoms with Gasteiger partial charge >= 0.3 is 6.18 Å². The van der Waals surface area contributed by atoms with Gasteiger partial charge in [-0.2, -0.15) is 13.2 Å². The molecule has 1 fully saturated rings. The van der Waals surface area contributed by atoms with Gasteiger partial charge in [-0.1, -0.05) is 11.6 Å². The van der Waals surface area contributed by atoms with Crippen molar-refractivity contribution in [2.24, 2.45) is 0 Å². The second kappa shape index (κ2) is 9.81. The number of amides is 1. The normalized spacial score (nSPS) is 18.9. The number of carbonyl (C=O) groups excluding carboxylic acids is 1. The highest BCUT2D eigenvalue weighted by Gasteiger charge is 2.34. The lowest BCUT2D eigenvalue weighted by Crippen LogP contribution is -2.41. The van der Waals surface area contributed by atoms with Crippen molar-refractivity contribution in [3.8, 4) is 0 Å². The average molecular weight is 499 g/mol. The number of fused-ring (bicyclic) bond motifs is 1. The summed E-state index contributed by atoms with van der Waals surface area (Å²) >= 11 is 11.8. The predicted octanol–water partition coefficient (Wildman–Crippen LogP) is 6.10. The molecule has 0 spiro atoms. The summed E-state index contributed by atoms with van der Waals surface area (Å²) in [5.74, 6) is 0.283. The first kappa shape index (κ1) is 23.7. The number of rotatable bonds is 6. The molecule has 0 unspecified atom stereocenters. The Labute approximate surface area is 199 Å². The molecule has 1 aliphatic rings. The van der Waals surface area contributed by atoms with Gasteiger partial charge in [0.05, 0.1) is 11.1 Å². The number of aromatic nitrogens is 2. The minimum Gasteiger partial charge on any atom is -0.382 e. The van der Waals surface area contributed by atoms with E-state index in [0.29, 0.717) is 40.5 Å². The summed E-state index contributed by atoms with van der Waals surface area (Å²) in [6.07, 6.45) is 2.02. The van der Waals surface area contributed by atoms with Crippen LogP contribution in [0.4, 0.5) is 18.9 Å². The molecule has 2 heterocycles. The quantitative estimate of drug-likeness (QED) is 0.403. The van der Waals surface area contributed by atoms with E-state index < -0.39 is 11.9 Å². The number of halogens is 5. The van der Waals surface area contributed by atoms with E-state index >= 15 is 0 Å². The van der Waals surface area contributed by atoms with Gasteiger partial charge in [0.15, 0.2) is 0 Å². The van der Waals surface area contributed by atoms with Crippen LogP contribution in [0, 0.1) is 0 Å². The van der Waals surface area contributed by atoms with Crippen LogP contribution in [0.25, 0.3) is 10.9 Å². The van der Waals surface area contributed by atoms with Crippen LogP contribution in [0.2, 0.25) is 5.02 Å². The molecule has 2 N–H and O–H groups in total. The molecule has 0 aliphatic heterocycles. The maximum atomic E-state index is 13.4. The van der Waals surface area contributed by atoms with Crippen molar-refractivity contribution in [3.05, 3.63) is 59.0 Å². The van der Waals surface area contributed by atoms with Gasteiger partial charge in [-0.15, -0.1) is 11.6 Å². The molecule has 33 heavy (non-hydrogen) atoms. The van der Waals surface area contributed by atoms with Crippen molar-refractivity contribution in [3.63, 3.8) is 0 Å². The highest BCUT2D eigenvalue weighted by molar-refractivity contribution is 6.31. The summed E-state index contributed by atoms with van der Waals surface area (Å²) in [6, 6.07) is 7.20. The molecule has 1 amide bonds. The third-order valence-corrected chi connectivity index (χ3v) is 6.19. The van der Waals surface area contributed by atoms with E-state index in [1.807, 2.05) is 4.57 Å². The molecule has 5 nitrogen and oxygen atoms in total. The highest BCUT2D eigenvalue weighted by atomic mass is 35.5. The van der Waals surface area contributed by atoms with E-state index in [4.69, 9.17) is 23.2 Å². The van der Waals surface area contributed by atoms with Crippen LogP contribution in [0.1, 0.15) is 41.7 Å². The summed E-state index contributed by atoms with van der Waals surface area (Å²) in [5.41, 5.74) is 0.158. The van der Waals surface area contributed by atoms with Gasteiger partial charge in [-0.25, -0.2) is 4.98 Å². The Bertz CT molecular complexity index is 1150. The first-order valence-corrected chi connectivity index (χ1v) is 11.6. The van der Waals surface area contributed by atoms with Crippen LogP contribution in [0.3, 0.4) is 0 Å².